The van der Waals surface area contributed by atoms with Gasteiger partial charge >= 0.3 is 11.9 Å². The topological polar surface area (TPSA) is 74.6 Å². The van der Waals surface area contributed by atoms with Crippen LogP contribution in [0.2, 0.25) is 0 Å². The molecule has 0 amide bonds. The molecule has 4 heteroatoms. The molecule has 0 atom stereocenters. The van der Waals surface area contributed by atoms with Crippen molar-refractivity contribution in [3.05, 3.63) is 0 Å². The molecule has 0 heterocycles. The van der Waals surface area contributed by atoms with E-state index >= 15 is 0 Å². The van der Waals surface area contributed by atoms with Crippen molar-refractivity contribution >= 4 is 11.9 Å². The van der Waals surface area contributed by atoms with Crippen LogP contribution in [0.25, 0.3) is 0 Å². The minimum atomic E-state index is -1.44. The smallest absolute Gasteiger partial charge is 0.321 e. The summed E-state index contributed by atoms with van der Waals surface area (Å²) in [7, 11) is 0. The fourth-order valence-electron chi connectivity index (χ4n) is 3.13. The van der Waals surface area contributed by atoms with Crippen molar-refractivity contribution in [2.24, 2.45) is 17.3 Å². The van der Waals surface area contributed by atoms with Crippen LogP contribution in [0.5, 0.6) is 0 Å². The number of aliphatic carboxylic acids is 2. The molecule has 72 valence electrons. The summed E-state index contributed by atoms with van der Waals surface area (Å²) in [6.45, 7) is 0. The van der Waals surface area contributed by atoms with Crippen molar-refractivity contribution in [3.63, 3.8) is 0 Å². The van der Waals surface area contributed by atoms with Gasteiger partial charge in [0, 0.05) is 0 Å². The van der Waals surface area contributed by atoms with E-state index in [0.29, 0.717) is 0 Å². The molecule has 0 unspecified atom stereocenters. The minimum absolute atomic E-state index is 0.132. The molecular weight excluding hydrogens is 172 g/mol. The highest BCUT2D eigenvalue weighted by Gasteiger charge is 2.64. The predicted molar refractivity (Wildman–Crippen MR) is 43.2 cm³/mol. The van der Waals surface area contributed by atoms with Crippen molar-refractivity contribution in [1.29, 1.82) is 0 Å². The van der Waals surface area contributed by atoms with Crippen molar-refractivity contribution < 1.29 is 19.8 Å². The monoisotopic (exact) mass is 184 g/mol. The van der Waals surface area contributed by atoms with Gasteiger partial charge in [0.25, 0.3) is 0 Å². The van der Waals surface area contributed by atoms with Crippen molar-refractivity contribution in [1.82, 2.24) is 0 Å². The number of rotatable bonds is 2. The number of hydrogen-bond donors (Lipinski definition) is 2. The molecule has 4 nitrogen and oxygen atoms in total. The van der Waals surface area contributed by atoms with Gasteiger partial charge in [-0.1, -0.05) is 0 Å². The van der Waals surface area contributed by atoms with Crippen LogP contribution >= 0.6 is 0 Å². The van der Waals surface area contributed by atoms with Gasteiger partial charge in [-0.3, -0.25) is 9.59 Å². The van der Waals surface area contributed by atoms with Gasteiger partial charge < -0.3 is 10.2 Å². The summed E-state index contributed by atoms with van der Waals surface area (Å²) >= 11 is 0. The van der Waals surface area contributed by atoms with E-state index < -0.39 is 17.4 Å². The fraction of sp³-hybridized carbons (Fsp3) is 0.778. The highest BCUT2D eigenvalue weighted by atomic mass is 16.4. The minimum Gasteiger partial charge on any atom is -0.480 e. The lowest BCUT2D eigenvalue weighted by Crippen LogP contribution is -2.43. The zero-order chi connectivity index (χ0) is 9.64. The molecule has 0 saturated heterocycles. The third kappa shape index (κ3) is 0.806. The summed E-state index contributed by atoms with van der Waals surface area (Å²) in [5.74, 6) is -2.53. The summed E-state index contributed by atoms with van der Waals surface area (Å²) in [4.78, 5) is 22.1. The molecule has 2 bridgehead atoms. The molecule has 2 N–H and O–H groups in total. The molecule has 0 radical (unpaired) electrons. The Kier molecular flexibility index (Phi) is 1.62. The molecule has 0 aromatic rings. The Hall–Kier alpha value is -1.06. The quantitative estimate of drug-likeness (QED) is 0.627. The van der Waals surface area contributed by atoms with E-state index in [0.717, 1.165) is 25.7 Å². The van der Waals surface area contributed by atoms with E-state index in [2.05, 4.69) is 0 Å². The van der Waals surface area contributed by atoms with Crippen molar-refractivity contribution in [2.75, 3.05) is 0 Å². The molecule has 2 saturated carbocycles. The molecule has 2 aliphatic carbocycles. The first-order chi connectivity index (χ1) is 6.10. The molecule has 0 aromatic heterocycles. The third-order valence-corrected chi connectivity index (χ3v) is 3.72. The first-order valence-electron chi connectivity index (χ1n) is 4.57. The van der Waals surface area contributed by atoms with Gasteiger partial charge in [-0.15, -0.1) is 0 Å². The standard InChI is InChI=1S/C9H12O4/c10-7(11)9(8(12)13)5-1-2-6(9)4-3-5/h5-6H,1-4H2,(H,10,11)(H,12,13). The molecular formula is C9H12O4. The lowest BCUT2D eigenvalue weighted by atomic mass is 9.78. The number of fused-ring (bicyclic) bond motifs is 2. The van der Waals surface area contributed by atoms with Gasteiger partial charge in [0.05, 0.1) is 0 Å². The lowest BCUT2D eigenvalue weighted by molar-refractivity contribution is -0.168. The van der Waals surface area contributed by atoms with Gasteiger partial charge in [0.1, 0.15) is 0 Å². The van der Waals surface area contributed by atoms with Crippen LogP contribution in [0.1, 0.15) is 25.7 Å². The van der Waals surface area contributed by atoms with E-state index in [9.17, 15) is 9.59 Å². The Morgan fingerprint density at radius 3 is 1.38 bits per heavy atom. The second-order valence-electron chi connectivity index (χ2n) is 4.03. The van der Waals surface area contributed by atoms with Gasteiger partial charge in [-0.25, -0.2) is 0 Å². The van der Waals surface area contributed by atoms with E-state index in [1.807, 2.05) is 0 Å². The van der Waals surface area contributed by atoms with Crippen molar-refractivity contribution in [2.45, 2.75) is 25.7 Å². The summed E-state index contributed by atoms with van der Waals surface area (Å²) in [5, 5.41) is 18.1. The second kappa shape index (κ2) is 2.47. The normalized spacial score (nSPS) is 34.8. The Labute approximate surface area is 75.6 Å². The first kappa shape index (κ1) is 8.53. The molecule has 0 aliphatic heterocycles. The zero-order valence-electron chi connectivity index (χ0n) is 7.19. The highest BCUT2D eigenvalue weighted by molar-refractivity contribution is 5.99. The van der Waals surface area contributed by atoms with E-state index in [1.54, 1.807) is 0 Å². The van der Waals surface area contributed by atoms with Crippen molar-refractivity contribution in [3.8, 4) is 0 Å². The van der Waals surface area contributed by atoms with Crippen LogP contribution < -0.4 is 0 Å². The maximum atomic E-state index is 11.0. The van der Waals surface area contributed by atoms with Gasteiger partial charge in [-0.05, 0) is 37.5 Å². The average molecular weight is 184 g/mol. The van der Waals surface area contributed by atoms with Gasteiger partial charge in [-0.2, -0.15) is 0 Å². The van der Waals surface area contributed by atoms with E-state index in [1.165, 1.54) is 0 Å². The Balaban J connectivity index is 2.45. The van der Waals surface area contributed by atoms with Gasteiger partial charge in [0.2, 0.25) is 0 Å². The summed E-state index contributed by atoms with van der Waals surface area (Å²) < 4.78 is 0. The maximum absolute atomic E-state index is 11.0. The summed E-state index contributed by atoms with van der Waals surface area (Å²) in [5.41, 5.74) is -1.44. The lowest BCUT2D eigenvalue weighted by Gasteiger charge is -2.23. The van der Waals surface area contributed by atoms with Crippen LogP contribution in [-0.4, -0.2) is 22.2 Å². The zero-order valence-corrected chi connectivity index (χ0v) is 7.19. The molecule has 2 aliphatic rings. The third-order valence-electron chi connectivity index (χ3n) is 3.72. The van der Waals surface area contributed by atoms with Crippen LogP contribution in [0.15, 0.2) is 0 Å². The first-order valence-corrected chi connectivity index (χ1v) is 4.57. The number of hydrogen-bond acceptors (Lipinski definition) is 2. The summed E-state index contributed by atoms with van der Waals surface area (Å²) in [6.07, 6.45) is 3.07. The SMILES string of the molecule is O=C(O)C1(C(=O)O)C2CCC1CC2. The van der Waals surface area contributed by atoms with Crippen LogP contribution in [-0.2, 0) is 9.59 Å². The fourth-order valence-corrected chi connectivity index (χ4v) is 3.13. The average Bonchev–Trinajstić information content (AvgIpc) is 2.57. The van der Waals surface area contributed by atoms with Crippen LogP contribution in [0.3, 0.4) is 0 Å². The van der Waals surface area contributed by atoms with Crippen LogP contribution in [0.4, 0.5) is 0 Å². The molecule has 2 fully saturated rings. The number of carboxylic acids is 2. The molecule has 0 spiro atoms. The Morgan fingerprint density at radius 2 is 1.23 bits per heavy atom. The van der Waals surface area contributed by atoms with E-state index in [-0.39, 0.29) is 11.8 Å². The van der Waals surface area contributed by atoms with Gasteiger partial charge in [0.15, 0.2) is 5.41 Å². The number of carbonyl (C=O) groups is 2. The molecule has 2 rings (SSSR count). The Morgan fingerprint density at radius 1 is 0.923 bits per heavy atom. The summed E-state index contributed by atoms with van der Waals surface area (Å²) in [6, 6.07) is 0. The highest BCUT2D eigenvalue weighted by Crippen LogP contribution is 2.58. The molecule has 13 heavy (non-hydrogen) atoms. The maximum Gasteiger partial charge on any atom is 0.321 e. The van der Waals surface area contributed by atoms with E-state index in [4.69, 9.17) is 10.2 Å². The molecule has 0 aromatic carbocycles. The Bertz CT molecular complexity index is 235. The van der Waals surface area contributed by atoms with Crippen LogP contribution in [0, 0.1) is 17.3 Å². The predicted octanol–water partition coefficient (Wildman–Crippen LogP) is 0.962. The largest absolute Gasteiger partial charge is 0.480 e. The number of carboxylic acid groups (broad SMARTS) is 2. The second-order valence-corrected chi connectivity index (χ2v) is 4.03.